The van der Waals surface area contributed by atoms with Gasteiger partial charge in [-0.1, -0.05) is 0 Å². The molecule has 0 bridgehead atoms. The molecule has 0 unspecified atom stereocenters. The van der Waals surface area contributed by atoms with Crippen molar-refractivity contribution >= 4 is 12.4 Å². The van der Waals surface area contributed by atoms with Gasteiger partial charge in [0.25, 0.3) is 0 Å². The summed E-state index contributed by atoms with van der Waals surface area (Å²) < 4.78 is 61.8. The van der Waals surface area contributed by atoms with Crippen LogP contribution >= 0.6 is 12.4 Å². The van der Waals surface area contributed by atoms with Gasteiger partial charge in [0.05, 0.1) is 0 Å². The highest BCUT2D eigenvalue weighted by Gasteiger charge is 2.62. The highest BCUT2D eigenvalue weighted by Crippen LogP contribution is 2.45. The van der Waals surface area contributed by atoms with Crippen molar-refractivity contribution in [2.75, 3.05) is 0 Å². The molecule has 104 valence electrons. The molecule has 3 nitrogen and oxygen atoms in total. The van der Waals surface area contributed by atoms with E-state index in [1.165, 1.54) is 0 Å². The fourth-order valence-corrected chi connectivity index (χ4v) is 1.17. The van der Waals surface area contributed by atoms with Crippen LogP contribution in [0.5, 0.6) is 11.5 Å². The summed E-state index contributed by atoms with van der Waals surface area (Å²) in [6.07, 6.45) is -5.82. The molecule has 0 saturated heterocycles. The van der Waals surface area contributed by atoms with Crippen LogP contribution in [0.2, 0.25) is 0 Å². The summed E-state index contributed by atoms with van der Waals surface area (Å²) in [6.45, 7) is 0. The van der Waals surface area contributed by atoms with Gasteiger partial charge in [-0.05, 0) is 12.1 Å². The molecule has 0 spiro atoms. The summed E-state index contributed by atoms with van der Waals surface area (Å²) in [5.74, 6) is -6.59. The summed E-state index contributed by atoms with van der Waals surface area (Å²) in [5, 5.41) is 18.0. The third-order valence-electron chi connectivity index (χ3n) is 2.12. The number of halogens is 6. The van der Waals surface area contributed by atoms with Gasteiger partial charge in [-0.15, -0.1) is 12.4 Å². The Morgan fingerprint density at radius 2 is 1.56 bits per heavy atom. The summed E-state index contributed by atoms with van der Waals surface area (Å²) >= 11 is 0. The highest BCUT2D eigenvalue weighted by molar-refractivity contribution is 5.85. The van der Waals surface area contributed by atoms with Gasteiger partial charge in [0.1, 0.15) is 17.5 Å². The lowest BCUT2D eigenvalue weighted by Crippen LogP contribution is -2.45. The summed E-state index contributed by atoms with van der Waals surface area (Å²) in [4.78, 5) is 0. The number of hydrogen-bond donors (Lipinski definition) is 3. The zero-order chi connectivity index (χ0) is 13.4. The van der Waals surface area contributed by atoms with Crippen molar-refractivity contribution in [1.29, 1.82) is 0 Å². The predicted molar refractivity (Wildman–Crippen MR) is 55.0 cm³/mol. The monoisotopic (exact) mass is 293 g/mol. The molecule has 0 aliphatic rings. The van der Waals surface area contributed by atoms with E-state index in [2.05, 4.69) is 0 Å². The number of benzene rings is 1. The maximum absolute atomic E-state index is 12.9. The Hall–Kier alpha value is -1.28. The van der Waals surface area contributed by atoms with Crippen LogP contribution < -0.4 is 5.73 Å². The van der Waals surface area contributed by atoms with Crippen molar-refractivity contribution < 1.29 is 32.2 Å². The molecule has 1 aromatic rings. The first kappa shape index (κ1) is 16.7. The molecule has 0 saturated carbocycles. The Morgan fingerprint density at radius 3 is 1.94 bits per heavy atom. The summed E-state index contributed by atoms with van der Waals surface area (Å²) in [6, 6.07) is -0.569. The Kier molecular flexibility index (Phi) is 4.78. The van der Waals surface area contributed by atoms with E-state index in [4.69, 9.17) is 15.9 Å². The minimum atomic E-state index is -5.82. The van der Waals surface area contributed by atoms with Crippen LogP contribution in [0, 0.1) is 0 Å². The second-order valence-corrected chi connectivity index (χ2v) is 3.34. The number of rotatable bonds is 2. The molecule has 0 aromatic heterocycles. The van der Waals surface area contributed by atoms with Crippen LogP contribution in [-0.4, -0.2) is 22.3 Å². The molecule has 9 heteroatoms. The van der Waals surface area contributed by atoms with E-state index >= 15 is 0 Å². The van der Waals surface area contributed by atoms with E-state index in [0.717, 1.165) is 6.07 Å². The van der Waals surface area contributed by atoms with E-state index < -0.39 is 35.2 Å². The Morgan fingerprint density at radius 1 is 1.06 bits per heavy atom. The van der Waals surface area contributed by atoms with Crippen LogP contribution in [0.3, 0.4) is 0 Å². The van der Waals surface area contributed by atoms with Gasteiger partial charge in [0.2, 0.25) is 0 Å². The first-order valence-electron chi connectivity index (χ1n) is 4.29. The molecule has 1 rings (SSSR count). The quantitative estimate of drug-likeness (QED) is 0.735. The van der Waals surface area contributed by atoms with Gasteiger partial charge in [-0.25, -0.2) is 0 Å². The number of phenolic OH excluding ortho intramolecular Hbond substituents is 2. The molecule has 0 heterocycles. The van der Waals surface area contributed by atoms with Crippen LogP contribution in [0.1, 0.15) is 11.6 Å². The molecule has 1 atom stereocenters. The summed E-state index contributed by atoms with van der Waals surface area (Å²) in [5.41, 5.74) is 4.00. The van der Waals surface area contributed by atoms with E-state index in [0.29, 0.717) is 12.1 Å². The average Bonchev–Trinajstić information content (AvgIpc) is 2.14. The summed E-state index contributed by atoms with van der Waals surface area (Å²) in [7, 11) is 0. The molecular formula is C9H9ClF5NO2. The van der Waals surface area contributed by atoms with E-state index in [1.807, 2.05) is 0 Å². The molecule has 0 fully saturated rings. The topological polar surface area (TPSA) is 66.5 Å². The molecule has 0 aliphatic heterocycles. The van der Waals surface area contributed by atoms with Gasteiger partial charge in [-0.3, -0.25) is 0 Å². The number of aromatic hydroxyl groups is 2. The SMILES string of the molecule is Cl.N[C@@H](c1ccc(O)cc1O)C(F)(F)C(F)(F)F. The Balaban J connectivity index is 0.00000289. The van der Waals surface area contributed by atoms with Gasteiger partial charge in [0, 0.05) is 11.6 Å². The normalized spacial score (nSPS) is 13.9. The van der Waals surface area contributed by atoms with Gasteiger partial charge in [0.15, 0.2) is 0 Å². The maximum Gasteiger partial charge on any atom is 0.455 e. The van der Waals surface area contributed by atoms with Crippen LogP contribution in [-0.2, 0) is 0 Å². The minimum absolute atomic E-state index is 0. The standard InChI is InChI=1S/C9H8F5NO2.ClH/c10-8(11,9(12,13)14)7(15)5-2-1-4(16)3-6(5)17;/h1-3,7,16-17H,15H2;1H/t7-;/m0./s1. The van der Waals surface area contributed by atoms with Crippen molar-refractivity contribution in [2.45, 2.75) is 18.1 Å². The van der Waals surface area contributed by atoms with Crippen molar-refractivity contribution in [3.05, 3.63) is 23.8 Å². The van der Waals surface area contributed by atoms with Crippen molar-refractivity contribution in [3.8, 4) is 11.5 Å². The van der Waals surface area contributed by atoms with Gasteiger partial charge >= 0.3 is 12.1 Å². The zero-order valence-electron chi connectivity index (χ0n) is 8.58. The van der Waals surface area contributed by atoms with Crippen molar-refractivity contribution in [1.82, 2.24) is 0 Å². The highest BCUT2D eigenvalue weighted by atomic mass is 35.5. The maximum atomic E-state index is 12.9. The first-order chi connectivity index (χ1) is 7.57. The van der Waals surface area contributed by atoms with E-state index in [-0.39, 0.29) is 12.4 Å². The minimum Gasteiger partial charge on any atom is -0.508 e. The molecule has 0 aliphatic carbocycles. The smallest absolute Gasteiger partial charge is 0.455 e. The lowest BCUT2D eigenvalue weighted by atomic mass is 10.00. The molecule has 0 radical (unpaired) electrons. The van der Waals surface area contributed by atoms with Crippen molar-refractivity contribution in [2.24, 2.45) is 5.73 Å². The Bertz CT molecular complexity index is 424. The van der Waals surface area contributed by atoms with Gasteiger partial charge < -0.3 is 15.9 Å². The molecule has 4 N–H and O–H groups in total. The lowest BCUT2D eigenvalue weighted by Gasteiger charge is -2.26. The molecule has 0 amide bonds. The van der Waals surface area contributed by atoms with Crippen LogP contribution in [0.15, 0.2) is 18.2 Å². The second kappa shape index (κ2) is 5.15. The number of hydrogen-bond acceptors (Lipinski definition) is 3. The fourth-order valence-electron chi connectivity index (χ4n) is 1.17. The first-order valence-corrected chi connectivity index (χ1v) is 4.29. The third kappa shape index (κ3) is 2.94. The third-order valence-corrected chi connectivity index (χ3v) is 2.12. The number of alkyl halides is 5. The molecular weight excluding hydrogens is 285 g/mol. The number of nitrogens with two attached hydrogens (primary N) is 1. The fraction of sp³-hybridized carbons (Fsp3) is 0.333. The van der Waals surface area contributed by atoms with Gasteiger partial charge in [-0.2, -0.15) is 22.0 Å². The lowest BCUT2D eigenvalue weighted by molar-refractivity contribution is -0.291. The van der Waals surface area contributed by atoms with Crippen molar-refractivity contribution in [3.63, 3.8) is 0 Å². The van der Waals surface area contributed by atoms with E-state index in [9.17, 15) is 22.0 Å². The largest absolute Gasteiger partial charge is 0.508 e. The van der Waals surface area contributed by atoms with Crippen LogP contribution in [0.25, 0.3) is 0 Å². The Labute approximate surface area is 104 Å². The zero-order valence-corrected chi connectivity index (χ0v) is 9.40. The van der Waals surface area contributed by atoms with Crippen LogP contribution in [0.4, 0.5) is 22.0 Å². The predicted octanol–water partition coefficient (Wildman–Crippen LogP) is 2.72. The number of phenols is 2. The molecule has 18 heavy (non-hydrogen) atoms. The van der Waals surface area contributed by atoms with E-state index in [1.54, 1.807) is 0 Å². The average molecular weight is 294 g/mol. The molecule has 1 aromatic carbocycles. The second-order valence-electron chi connectivity index (χ2n) is 3.34.